The molecular formula is C16H28N2O3. The van der Waals surface area contributed by atoms with E-state index in [-0.39, 0.29) is 6.03 Å². The molecule has 0 aromatic rings. The Morgan fingerprint density at radius 3 is 2.38 bits per heavy atom. The Balaban J connectivity index is 2.06. The second-order valence-electron chi connectivity index (χ2n) is 7.53. The van der Waals surface area contributed by atoms with Gasteiger partial charge in [0.15, 0.2) is 0 Å². The molecule has 21 heavy (non-hydrogen) atoms. The molecule has 2 rings (SSSR count). The van der Waals surface area contributed by atoms with Crippen molar-refractivity contribution in [3.63, 3.8) is 0 Å². The highest BCUT2D eigenvalue weighted by molar-refractivity contribution is 5.83. The second-order valence-corrected chi connectivity index (χ2v) is 7.53. The fraction of sp³-hybridized carbons (Fsp3) is 0.875. The smallest absolute Gasteiger partial charge is 0.326 e. The molecule has 2 aliphatic rings. The number of hydrogen-bond acceptors (Lipinski definition) is 2. The first-order valence-corrected chi connectivity index (χ1v) is 8.10. The van der Waals surface area contributed by atoms with Crippen molar-refractivity contribution in [2.24, 2.45) is 11.3 Å². The highest BCUT2D eigenvalue weighted by Gasteiger charge is 2.39. The summed E-state index contributed by atoms with van der Waals surface area (Å²) in [6, 6.07) is -0.746. The molecule has 120 valence electrons. The molecule has 2 N–H and O–H groups in total. The van der Waals surface area contributed by atoms with E-state index in [1.807, 2.05) is 25.7 Å². The molecule has 3 unspecified atom stereocenters. The van der Waals surface area contributed by atoms with Gasteiger partial charge in [0.25, 0.3) is 0 Å². The van der Waals surface area contributed by atoms with Crippen molar-refractivity contribution in [3.8, 4) is 0 Å². The van der Waals surface area contributed by atoms with Gasteiger partial charge < -0.3 is 15.3 Å². The van der Waals surface area contributed by atoms with Crippen LogP contribution in [-0.2, 0) is 4.79 Å². The van der Waals surface area contributed by atoms with Gasteiger partial charge in [-0.1, -0.05) is 33.6 Å². The zero-order valence-electron chi connectivity index (χ0n) is 13.4. The van der Waals surface area contributed by atoms with E-state index in [1.54, 1.807) is 0 Å². The Hall–Kier alpha value is -1.26. The van der Waals surface area contributed by atoms with Crippen LogP contribution in [0.25, 0.3) is 0 Å². The van der Waals surface area contributed by atoms with E-state index in [9.17, 15) is 14.7 Å². The Morgan fingerprint density at radius 1 is 1.14 bits per heavy atom. The number of carbonyl (C=O) groups excluding carboxylic acids is 1. The van der Waals surface area contributed by atoms with Crippen molar-refractivity contribution in [3.05, 3.63) is 0 Å². The lowest BCUT2D eigenvalue weighted by atomic mass is 9.78. The quantitative estimate of drug-likeness (QED) is 0.823. The molecule has 1 aliphatic carbocycles. The monoisotopic (exact) mass is 296 g/mol. The van der Waals surface area contributed by atoms with E-state index in [0.29, 0.717) is 12.0 Å². The molecule has 0 aromatic heterocycles. The first-order chi connectivity index (χ1) is 9.80. The normalized spacial score (nSPS) is 27.7. The van der Waals surface area contributed by atoms with E-state index in [2.05, 4.69) is 5.32 Å². The molecule has 1 aliphatic heterocycles. The summed E-state index contributed by atoms with van der Waals surface area (Å²) in [5, 5.41) is 12.1. The molecule has 5 nitrogen and oxygen atoms in total. The van der Waals surface area contributed by atoms with E-state index in [0.717, 1.165) is 19.4 Å². The number of carbonyl (C=O) groups is 2. The van der Waals surface area contributed by atoms with Crippen LogP contribution < -0.4 is 5.32 Å². The van der Waals surface area contributed by atoms with Crippen LogP contribution in [0.1, 0.15) is 59.3 Å². The number of rotatable bonds is 2. The minimum atomic E-state index is -0.965. The van der Waals surface area contributed by atoms with E-state index in [1.165, 1.54) is 25.7 Å². The fourth-order valence-corrected chi connectivity index (χ4v) is 3.73. The molecule has 5 heteroatoms. The number of urea groups is 1. The summed E-state index contributed by atoms with van der Waals surface area (Å²) in [6.45, 7) is 6.27. The molecular weight excluding hydrogens is 268 g/mol. The Labute approximate surface area is 127 Å². The van der Waals surface area contributed by atoms with Gasteiger partial charge in [-0.3, -0.25) is 0 Å². The first-order valence-electron chi connectivity index (χ1n) is 8.10. The second kappa shape index (κ2) is 6.24. The van der Waals surface area contributed by atoms with Crippen molar-refractivity contribution in [2.75, 3.05) is 6.54 Å². The van der Waals surface area contributed by atoms with Crippen molar-refractivity contribution in [1.29, 1.82) is 0 Å². The predicted octanol–water partition coefficient (Wildman–Crippen LogP) is 2.85. The number of carboxylic acid groups (broad SMARTS) is 1. The van der Waals surface area contributed by atoms with Gasteiger partial charge in [0.05, 0.1) is 0 Å². The van der Waals surface area contributed by atoms with Gasteiger partial charge in [0.2, 0.25) is 0 Å². The topological polar surface area (TPSA) is 69.6 Å². The third-order valence-electron chi connectivity index (χ3n) is 4.88. The van der Waals surface area contributed by atoms with Crippen LogP contribution in [0.2, 0.25) is 0 Å². The maximum Gasteiger partial charge on any atom is 0.326 e. The highest BCUT2D eigenvalue weighted by Crippen LogP contribution is 2.35. The number of likely N-dealkylation sites (tertiary alicyclic amines) is 1. The average molecular weight is 296 g/mol. The maximum atomic E-state index is 12.6. The fourth-order valence-electron chi connectivity index (χ4n) is 3.73. The minimum Gasteiger partial charge on any atom is -0.480 e. The van der Waals surface area contributed by atoms with E-state index >= 15 is 0 Å². The van der Waals surface area contributed by atoms with Crippen LogP contribution >= 0.6 is 0 Å². The molecule has 1 saturated carbocycles. The molecule has 1 heterocycles. The zero-order chi connectivity index (χ0) is 15.6. The number of nitrogens with zero attached hydrogens (tertiary/aromatic N) is 1. The summed E-state index contributed by atoms with van der Waals surface area (Å²) in [5.41, 5.74) is -0.497. The van der Waals surface area contributed by atoms with Gasteiger partial charge in [-0.15, -0.1) is 0 Å². The molecule has 0 spiro atoms. The average Bonchev–Trinajstić information content (AvgIpc) is 2.42. The minimum absolute atomic E-state index is 0.200. The van der Waals surface area contributed by atoms with E-state index in [4.69, 9.17) is 0 Å². The maximum absolute atomic E-state index is 12.6. The number of piperidine rings is 1. The third kappa shape index (κ3) is 3.69. The Morgan fingerprint density at radius 2 is 1.76 bits per heavy atom. The molecule has 1 saturated heterocycles. The van der Waals surface area contributed by atoms with Crippen LogP contribution in [0, 0.1) is 11.3 Å². The van der Waals surface area contributed by atoms with Gasteiger partial charge in [0, 0.05) is 12.6 Å². The summed E-state index contributed by atoms with van der Waals surface area (Å²) >= 11 is 0. The van der Waals surface area contributed by atoms with Crippen molar-refractivity contribution < 1.29 is 14.7 Å². The Bertz CT molecular complexity index is 401. The van der Waals surface area contributed by atoms with Crippen molar-refractivity contribution in [2.45, 2.75) is 71.4 Å². The summed E-state index contributed by atoms with van der Waals surface area (Å²) in [6.07, 6.45) is 6.93. The lowest BCUT2D eigenvalue weighted by Crippen LogP contribution is -2.58. The summed E-state index contributed by atoms with van der Waals surface area (Å²) in [4.78, 5) is 25.9. The molecule has 2 amide bonds. The summed E-state index contributed by atoms with van der Waals surface area (Å²) in [5.74, 6) is -0.357. The van der Waals surface area contributed by atoms with Crippen LogP contribution in [-0.4, -0.2) is 40.6 Å². The summed E-state index contributed by atoms with van der Waals surface area (Å²) in [7, 11) is 0. The molecule has 0 radical (unpaired) electrons. The van der Waals surface area contributed by atoms with Gasteiger partial charge in [0.1, 0.15) is 6.04 Å². The van der Waals surface area contributed by atoms with Gasteiger partial charge >= 0.3 is 12.0 Å². The van der Waals surface area contributed by atoms with Gasteiger partial charge in [-0.2, -0.15) is 0 Å². The number of nitrogens with one attached hydrogen (secondary N) is 1. The van der Waals surface area contributed by atoms with Crippen LogP contribution in [0.5, 0.6) is 0 Å². The third-order valence-corrected chi connectivity index (χ3v) is 4.88. The highest BCUT2D eigenvalue weighted by atomic mass is 16.4. The Kier molecular flexibility index (Phi) is 4.79. The lowest BCUT2D eigenvalue weighted by Gasteiger charge is -2.44. The number of amides is 2. The first kappa shape index (κ1) is 16.1. The molecule has 0 bridgehead atoms. The van der Waals surface area contributed by atoms with Crippen LogP contribution in [0.4, 0.5) is 4.79 Å². The number of fused-ring (bicyclic) bond motifs is 1. The van der Waals surface area contributed by atoms with Crippen molar-refractivity contribution in [1.82, 2.24) is 10.2 Å². The largest absolute Gasteiger partial charge is 0.480 e. The predicted molar refractivity (Wildman–Crippen MR) is 81.1 cm³/mol. The SMILES string of the molecule is CC(C)(C)C(NC(=O)N1CCCC2CCCCC21)C(=O)O. The molecule has 2 fully saturated rings. The van der Waals surface area contributed by atoms with Crippen molar-refractivity contribution >= 4 is 12.0 Å². The lowest BCUT2D eigenvalue weighted by molar-refractivity contribution is -0.142. The molecule has 0 aromatic carbocycles. The number of aliphatic carboxylic acids is 1. The zero-order valence-corrected chi connectivity index (χ0v) is 13.4. The molecule has 3 atom stereocenters. The number of carboxylic acids is 1. The van der Waals surface area contributed by atoms with Crippen LogP contribution in [0.3, 0.4) is 0 Å². The standard InChI is InChI=1S/C16H28N2O3/c1-16(2,3)13(14(19)20)17-15(21)18-10-6-8-11-7-4-5-9-12(11)18/h11-13H,4-10H2,1-3H3,(H,17,21)(H,19,20). The van der Waals surface area contributed by atoms with E-state index < -0.39 is 17.4 Å². The van der Waals surface area contributed by atoms with Crippen LogP contribution in [0.15, 0.2) is 0 Å². The summed E-state index contributed by atoms with van der Waals surface area (Å²) < 4.78 is 0. The number of hydrogen-bond donors (Lipinski definition) is 2. The van der Waals surface area contributed by atoms with Gasteiger partial charge in [-0.05, 0) is 37.0 Å². The van der Waals surface area contributed by atoms with Gasteiger partial charge in [-0.25, -0.2) is 9.59 Å².